The van der Waals surface area contributed by atoms with Crippen LogP contribution in [0.2, 0.25) is 0 Å². The summed E-state index contributed by atoms with van der Waals surface area (Å²) in [5.41, 5.74) is 0.511. The van der Waals surface area contributed by atoms with Crippen LogP contribution in [0, 0.1) is 0 Å². The van der Waals surface area contributed by atoms with Crippen molar-refractivity contribution in [1.82, 2.24) is 9.97 Å². The molecule has 0 saturated carbocycles. The fourth-order valence-electron chi connectivity index (χ4n) is 3.27. The Hall–Kier alpha value is -3.29. The number of anilines is 2. The van der Waals surface area contributed by atoms with Gasteiger partial charge in [-0.2, -0.15) is 18.2 Å². The SMILES string of the molecule is CCCCCOc1ccc(N(CC)c2nc(OCc3ccccc3)ncc2C(F)(F)F)cc1. The van der Waals surface area contributed by atoms with Gasteiger partial charge in [0.25, 0.3) is 0 Å². The van der Waals surface area contributed by atoms with Gasteiger partial charge in [-0.1, -0.05) is 50.1 Å². The smallest absolute Gasteiger partial charge is 0.421 e. The fourth-order valence-corrected chi connectivity index (χ4v) is 3.27. The van der Waals surface area contributed by atoms with E-state index in [1.165, 1.54) is 4.90 Å². The van der Waals surface area contributed by atoms with Crippen LogP contribution < -0.4 is 14.4 Å². The Bertz CT molecular complexity index is 996. The number of halogens is 3. The average molecular weight is 460 g/mol. The molecule has 33 heavy (non-hydrogen) atoms. The van der Waals surface area contributed by atoms with E-state index in [-0.39, 0.29) is 25.0 Å². The van der Waals surface area contributed by atoms with Gasteiger partial charge < -0.3 is 14.4 Å². The molecule has 2 aromatic carbocycles. The molecule has 0 bridgehead atoms. The monoisotopic (exact) mass is 459 g/mol. The van der Waals surface area contributed by atoms with Crippen molar-refractivity contribution in [1.29, 1.82) is 0 Å². The molecule has 8 heteroatoms. The predicted molar refractivity (Wildman–Crippen MR) is 122 cm³/mol. The molecule has 3 aromatic rings. The van der Waals surface area contributed by atoms with Gasteiger partial charge >= 0.3 is 12.2 Å². The highest BCUT2D eigenvalue weighted by molar-refractivity contribution is 5.64. The lowest BCUT2D eigenvalue weighted by Crippen LogP contribution is -2.23. The molecule has 0 unspecified atom stereocenters. The van der Waals surface area contributed by atoms with Crippen LogP contribution in [0.15, 0.2) is 60.8 Å². The van der Waals surface area contributed by atoms with E-state index in [0.29, 0.717) is 18.0 Å². The third kappa shape index (κ3) is 6.84. The summed E-state index contributed by atoms with van der Waals surface area (Å²) in [5, 5.41) is 0. The Morgan fingerprint density at radius 2 is 1.64 bits per heavy atom. The summed E-state index contributed by atoms with van der Waals surface area (Å²) >= 11 is 0. The largest absolute Gasteiger partial charge is 0.494 e. The Kier molecular flexibility index (Phi) is 8.52. The van der Waals surface area contributed by atoms with E-state index < -0.39 is 11.7 Å². The number of alkyl halides is 3. The number of unbranched alkanes of at least 4 members (excludes halogenated alkanes) is 2. The lowest BCUT2D eigenvalue weighted by molar-refractivity contribution is -0.137. The number of rotatable bonds is 11. The lowest BCUT2D eigenvalue weighted by Gasteiger charge is -2.25. The van der Waals surface area contributed by atoms with E-state index >= 15 is 0 Å². The summed E-state index contributed by atoms with van der Waals surface area (Å²) in [6.45, 7) is 4.92. The van der Waals surface area contributed by atoms with Crippen molar-refractivity contribution in [3.05, 3.63) is 71.9 Å². The molecule has 0 aliphatic heterocycles. The molecule has 0 spiro atoms. The molecule has 0 amide bonds. The minimum atomic E-state index is -4.61. The van der Waals surface area contributed by atoms with E-state index in [9.17, 15) is 13.2 Å². The highest BCUT2D eigenvalue weighted by Gasteiger charge is 2.37. The Labute approximate surface area is 192 Å². The molecule has 1 heterocycles. The van der Waals surface area contributed by atoms with Crippen LogP contribution in [0.5, 0.6) is 11.8 Å². The van der Waals surface area contributed by atoms with Gasteiger partial charge in [0.1, 0.15) is 17.9 Å². The van der Waals surface area contributed by atoms with Gasteiger partial charge in [-0.05, 0) is 43.2 Å². The van der Waals surface area contributed by atoms with Crippen LogP contribution >= 0.6 is 0 Å². The maximum absolute atomic E-state index is 13.7. The maximum atomic E-state index is 13.7. The molecule has 0 aliphatic carbocycles. The maximum Gasteiger partial charge on any atom is 0.421 e. The lowest BCUT2D eigenvalue weighted by atomic mass is 10.2. The first-order valence-corrected chi connectivity index (χ1v) is 11.0. The second kappa shape index (κ2) is 11.5. The Balaban J connectivity index is 1.83. The number of hydrogen-bond donors (Lipinski definition) is 0. The normalized spacial score (nSPS) is 11.3. The molecule has 0 aliphatic rings. The average Bonchev–Trinajstić information content (AvgIpc) is 2.82. The number of hydrogen-bond acceptors (Lipinski definition) is 5. The highest BCUT2D eigenvalue weighted by Crippen LogP contribution is 2.38. The van der Waals surface area contributed by atoms with Crippen LogP contribution in [0.3, 0.4) is 0 Å². The second-order valence-electron chi connectivity index (χ2n) is 7.46. The first-order valence-electron chi connectivity index (χ1n) is 11.0. The molecule has 0 radical (unpaired) electrons. The number of ether oxygens (including phenoxy) is 2. The summed E-state index contributed by atoms with van der Waals surface area (Å²) in [4.78, 5) is 9.42. The van der Waals surface area contributed by atoms with Gasteiger partial charge in [0.05, 0.1) is 6.61 Å². The van der Waals surface area contributed by atoms with Crippen molar-refractivity contribution >= 4 is 11.5 Å². The van der Waals surface area contributed by atoms with Gasteiger partial charge in [-0.3, -0.25) is 0 Å². The summed E-state index contributed by atoms with van der Waals surface area (Å²) in [7, 11) is 0. The van der Waals surface area contributed by atoms with Crippen molar-refractivity contribution in [2.24, 2.45) is 0 Å². The van der Waals surface area contributed by atoms with Crippen molar-refractivity contribution in [2.75, 3.05) is 18.1 Å². The minimum Gasteiger partial charge on any atom is -0.494 e. The molecule has 5 nitrogen and oxygen atoms in total. The minimum absolute atomic E-state index is 0.115. The molecule has 0 N–H and O–H groups in total. The molecule has 3 rings (SSSR count). The first kappa shape index (κ1) is 24.4. The summed E-state index contributed by atoms with van der Waals surface area (Å²) in [5.74, 6) is 0.427. The highest BCUT2D eigenvalue weighted by atomic mass is 19.4. The summed E-state index contributed by atoms with van der Waals surface area (Å²) in [6.07, 6.45) is -0.684. The van der Waals surface area contributed by atoms with Crippen LogP contribution in [0.4, 0.5) is 24.7 Å². The van der Waals surface area contributed by atoms with E-state index in [1.807, 2.05) is 30.3 Å². The number of benzene rings is 2. The third-order valence-corrected chi connectivity index (χ3v) is 5.00. The third-order valence-electron chi connectivity index (χ3n) is 5.00. The van der Waals surface area contributed by atoms with E-state index in [0.717, 1.165) is 31.0 Å². The predicted octanol–water partition coefficient (Wildman–Crippen LogP) is 6.80. The zero-order chi connectivity index (χ0) is 23.7. The quantitative estimate of drug-likeness (QED) is 0.295. The molecule has 1 aromatic heterocycles. The van der Waals surface area contributed by atoms with Crippen LogP contribution in [0.25, 0.3) is 0 Å². The van der Waals surface area contributed by atoms with Gasteiger partial charge in [0, 0.05) is 18.4 Å². The number of aromatic nitrogens is 2. The topological polar surface area (TPSA) is 47.5 Å². The molecule has 0 fully saturated rings. The Morgan fingerprint density at radius 1 is 0.909 bits per heavy atom. The van der Waals surface area contributed by atoms with Crippen molar-refractivity contribution < 1.29 is 22.6 Å². The standard InChI is InChI=1S/C25H28F3N3O2/c1-3-5-9-16-32-21-14-12-20(13-15-21)31(4-2)23-22(25(26,27)28)17-29-24(30-23)33-18-19-10-7-6-8-11-19/h6-8,10-15,17H,3-5,9,16,18H2,1-2H3. The molecule has 0 atom stereocenters. The van der Waals surface area contributed by atoms with Crippen LogP contribution in [0.1, 0.15) is 44.2 Å². The van der Waals surface area contributed by atoms with Crippen molar-refractivity contribution in [2.45, 2.75) is 45.9 Å². The first-order chi connectivity index (χ1) is 15.9. The zero-order valence-corrected chi connectivity index (χ0v) is 18.8. The van der Waals surface area contributed by atoms with E-state index in [1.54, 1.807) is 31.2 Å². The molecular formula is C25H28F3N3O2. The number of nitrogens with zero attached hydrogens (tertiary/aromatic N) is 3. The van der Waals surface area contributed by atoms with Gasteiger partial charge in [-0.15, -0.1) is 0 Å². The molecule has 0 saturated heterocycles. The zero-order valence-electron chi connectivity index (χ0n) is 18.8. The molecule has 176 valence electrons. The van der Waals surface area contributed by atoms with E-state index in [2.05, 4.69) is 16.9 Å². The summed E-state index contributed by atoms with van der Waals surface area (Å²) < 4.78 is 52.5. The van der Waals surface area contributed by atoms with Crippen LogP contribution in [-0.2, 0) is 12.8 Å². The molecular weight excluding hydrogens is 431 g/mol. The van der Waals surface area contributed by atoms with Gasteiger partial charge in [0.2, 0.25) is 0 Å². The van der Waals surface area contributed by atoms with E-state index in [4.69, 9.17) is 9.47 Å². The van der Waals surface area contributed by atoms with Crippen molar-refractivity contribution in [3.63, 3.8) is 0 Å². The summed E-state index contributed by atoms with van der Waals surface area (Å²) in [6, 6.07) is 16.1. The van der Waals surface area contributed by atoms with Crippen LogP contribution in [-0.4, -0.2) is 23.1 Å². The van der Waals surface area contributed by atoms with Crippen molar-refractivity contribution in [3.8, 4) is 11.8 Å². The van der Waals surface area contributed by atoms with Gasteiger partial charge in [-0.25, -0.2) is 4.98 Å². The van der Waals surface area contributed by atoms with Gasteiger partial charge in [0.15, 0.2) is 5.82 Å². The second-order valence-corrected chi connectivity index (χ2v) is 7.46. The Morgan fingerprint density at radius 3 is 2.27 bits per heavy atom. The fraction of sp³-hybridized carbons (Fsp3) is 0.360.